The van der Waals surface area contributed by atoms with Gasteiger partial charge in [-0.2, -0.15) is 0 Å². The van der Waals surface area contributed by atoms with Crippen LogP contribution in [0.1, 0.15) is 85.1 Å². The van der Waals surface area contributed by atoms with Crippen molar-refractivity contribution < 1.29 is 29.0 Å². The van der Waals surface area contributed by atoms with Crippen LogP contribution in [0.4, 0.5) is 15.4 Å². The molecule has 11 heteroatoms. The van der Waals surface area contributed by atoms with E-state index in [4.69, 9.17) is 9.47 Å². The maximum Gasteiger partial charge on any atom is 0.409 e. The SMILES string of the molecule is CCN(C(=O)OC)C1CCC(CC(=O)Nc2cc(-c3ccccc3)c(-c3ccc(C4(NC(=O)OC(C)(C)C)CC(C)(O)C4)cc3)nn2)CC1. The highest BCUT2D eigenvalue weighted by Gasteiger charge is 2.53. The van der Waals surface area contributed by atoms with E-state index in [-0.39, 0.29) is 24.0 Å². The Balaban J connectivity index is 1.31. The Labute approximate surface area is 288 Å². The number of alkyl carbamates (subject to hydrolysis) is 1. The van der Waals surface area contributed by atoms with E-state index >= 15 is 0 Å². The summed E-state index contributed by atoms with van der Waals surface area (Å²) in [5, 5.41) is 25.6. The van der Waals surface area contributed by atoms with Crippen LogP contribution in [0.15, 0.2) is 60.7 Å². The van der Waals surface area contributed by atoms with E-state index in [1.165, 1.54) is 7.11 Å². The number of rotatable bonds is 9. The number of benzene rings is 2. The van der Waals surface area contributed by atoms with Crippen molar-refractivity contribution in [2.24, 2.45) is 5.92 Å². The first-order valence-electron chi connectivity index (χ1n) is 17.1. The third-order valence-corrected chi connectivity index (χ3v) is 9.44. The fourth-order valence-corrected chi connectivity index (χ4v) is 7.33. The van der Waals surface area contributed by atoms with Crippen molar-refractivity contribution in [3.63, 3.8) is 0 Å². The second-order valence-electron chi connectivity index (χ2n) is 14.7. The van der Waals surface area contributed by atoms with Crippen LogP contribution in [0.25, 0.3) is 22.4 Å². The van der Waals surface area contributed by atoms with Crippen molar-refractivity contribution in [3.05, 3.63) is 66.2 Å². The largest absolute Gasteiger partial charge is 0.453 e. The van der Waals surface area contributed by atoms with Crippen molar-refractivity contribution in [1.82, 2.24) is 20.4 Å². The van der Waals surface area contributed by atoms with Gasteiger partial charge in [-0.3, -0.25) is 4.79 Å². The van der Waals surface area contributed by atoms with Gasteiger partial charge in [0.1, 0.15) is 11.3 Å². The van der Waals surface area contributed by atoms with Gasteiger partial charge in [0.25, 0.3) is 0 Å². The van der Waals surface area contributed by atoms with Crippen LogP contribution >= 0.6 is 0 Å². The molecule has 11 nitrogen and oxygen atoms in total. The summed E-state index contributed by atoms with van der Waals surface area (Å²) in [6.07, 6.45) is 3.63. The first-order valence-corrected chi connectivity index (χ1v) is 17.1. The monoisotopic (exact) mass is 671 g/mol. The van der Waals surface area contributed by atoms with Gasteiger partial charge in [-0.05, 0) is 83.4 Å². The Morgan fingerprint density at radius 3 is 2.18 bits per heavy atom. The number of amides is 3. The summed E-state index contributed by atoms with van der Waals surface area (Å²) in [4.78, 5) is 39.8. The topological polar surface area (TPSA) is 143 Å². The molecule has 262 valence electrons. The first-order chi connectivity index (χ1) is 23.2. The van der Waals surface area contributed by atoms with Crippen LogP contribution in [0, 0.1) is 5.92 Å². The lowest BCUT2D eigenvalue weighted by molar-refractivity contribution is -0.117. The maximum absolute atomic E-state index is 13.2. The smallest absolute Gasteiger partial charge is 0.409 e. The summed E-state index contributed by atoms with van der Waals surface area (Å²) in [5.41, 5.74) is 1.74. The van der Waals surface area contributed by atoms with E-state index in [2.05, 4.69) is 20.8 Å². The highest BCUT2D eigenvalue weighted by molar-refractivity contribution is 5.91. The highest BCUT2D eigenvalue weighted by Crippen LogP contribution is 2.48. The van der Waals surface area contributed by atoms with Crippen LogP contribution in [0.3, 0.4) is 0 Å². The van der Waals surface area contributed by atoms with E-state index in [1.54, 1.807) is 11.8 Å². The molecule has 0 unspecified atom stereocenters. The number of nitrogens with one attached hydrogen (secondary N) is 2. The molecule has 2 fully saturated rings. The molecule has 0 atom stereocenters. The number of aliphatic hydroxyl groups is 1. The summed E-state index contributed by atoms with van der Waals surface area (Å²) in [6.45, 7) is 9.75. The van der Waals surface area contributed by atoms with Gasteiger partial charge in [-0.15, -0.1) is 10.2 Å². The van der Waals surface area contributed by atoms with Gasteiger partial charge in [0.2, 0.25) is 5.91 Å². The fourth-order valence-electron chi connectivity index (χ4n) is 7.33. The van der Waals surface area contributed by atoms with Crippen LogP contribution in [0.5, 0.6) is 0 Å². The molecule has 49 heavy (non-hydrogen) atoms. The van der Waals surface area contributed by atoms with Gasteiger partial charge in [0.05, 0.1) is 18.2 Å². The number of carbonyl (C=O) groups excluding carboxylic acids is 3. The lowest BCUT2D eigenvalue weighted by Crippen LogP contribution is -2.62. The number of carbonyl (C=O) groups is 3. The Hall–Kier alpha value is -4.51. The molecule has 1 heterocycles. The Kier molecular flexibility index (Phi) is 10.6. The van der Waals surface area contributed by atoms with E-state index in [0.29, 0.717) is 37.3 Å². The van der Waals surface area contributed by atoms with Gasteiger partial charge in [0.15, 0.2) is 5.82 Å². The molecule has 2 saturated carbocycles. The van der Waals surface area contributed by atoms with E-state index in [0.717, 1.165) is 47.9 Å². The quantitative estimate of drug-likeness (QED) is 0.220. The number of anilines is 1. The average Bonchev–Trinajstić information content (AvgIpc) is 3.04. The number of ether oxygens (including phenoxy) is 2. The van der Waals surface area contributed by atoms with Crippen molar-refractivity contribution in [1.29, 1.82) is 0 Å². The van der Waals surface area contributed by atoms with Gasteiger partial charge in [0, 0.05) is 43.0 Å². The molecular formula is C38H49N5O6. The van der Waals surface area contributed by atoms with Gasteiger partial charge in [-0.1, -0.05) is 54.6 Å². The number of hydrogen-bond donors (Lipinski definition) is 3. The van der Waals surface area contributed by atoms with Crippen LogP contribution < -0.4 is 10.6 Å². The molecule has 1 aromatic heterocycles. The molecule has 3 N–H and O–H groups in total. The van der Waals surface area contributed by atoms with Crippen LogP contribution in [-0.4, -0.2) is 69.2 Å². The third kappa shape index (κ3) is 8.75. The van der Waals surface area contributed by atoms with Gasteiger partial charge >= 0.3 is 12.2 Å². The summed E-state index contributed by atoms with van der Waals surface area (Å²) >= 11 is 0. The number of aromatic nitrogens is 2. The second kappa shape index (κ2) is 14.5. The van der Waals surface area contributed by atoms with Crippen molar-refractivity contribution >= 4 is 23.9 Å². The molecule has 3 amide bonds. The van der Waals surface area contributed by atoms with Crippen molar-refractivity contribution in [3.8, 4) is 22.4 Å². The number of nitrogens with zero attached hydrogens (tertiary/aromatic N) is 3. The summed E-state index contributed by atoms with van der Waals surface area (Å²) in [5.74, 6) is 0.478. The molecule has 2 aromatic carbocycles. The molecule has 2 aliphatic carbocycles. The van der Waals surface area contributed by atoms with Crippen molar-refractivity contribution in [2.75, 3.05) is 19.0 Å². The normalized spacial score (nSPS) is 23.5. The minimum atomic E-state index is -0.903. The lowest BCUT2D eigenvalue weighted by Gasteiger charge is -2.52. The maximum atomic E-state index is 13.2. The molecule has 0 aliphatic heterocycles. The van der Waals surface area contributed by atoms with Crippen molar-refractivity contribution in [2.45, 2.75) is 102 Å². The Morgan fingerprint density at radius 1 is 0.959 bits per heavy atom. The molecule has 0 saturated heterocycles. The summed E-state index contributed by atoms with van der Waals surface area (Å²) in [7, 11) is 1.40. The minimum Gasteiger partial charge on any atom is -0.453 e. The van der Waals surface area contributed by atoms with E-state index in [9.17, 15) is 19.5 Å². The van der Waals surface area contributed by atoms with Crippen LogP contribution in [0.2, 0.25) is 0 Å². The van der Waals surface area contributed by atoms with Gasteiger partial charge < -0.3 is 30.1 Å². The first kappa shape index (κ1) is 35.8. The number of hydrogen-bond acceptors (Lipinski definition) is 8. The molecular weight excluding hydrogens is 622 g/mol. The molecule has 2 aliphatic rings. The zero-order valence-electron chi connectivity index (χ0n) is 29.4. The predicted octanol–water partition coefficient (Wildman–Crippen LogP) is 7.05. The number of methoxy groups -OCH3 is 1. The Morgan fingerprint density at radius 2 is 1.61 bits per heavy atom. The average molecular weight is 672 g/mol. The molecule has 0 radical (unpaired) electrons. The zero-order chi connectivity index (χ0) is 35.4. The van der Waals surface area contributed by atoms with E-state index in [1.807, 2.05) is 88.4 Å². The summed E-state index contributed by atoms with van der Waals surface area (Å²) < 4.78 is 10.5. The highest BCUT2D eigenvalue weighted by atomic mass is 16.6. The predicted molar refractivity (Wildman–Crippen MR) is 188 cm³/mol. The standard InChI is InChI=1S/C38H49N5O6/c1-7-43(35(46)48-6)29-19-13-25(14-20-29)21-32(44)39-31-22-30(26-11-9-8-10-12-26)33(42-41-31)27-15-17-28(18-16-27)38(23-37(5,47)24-38)40-34(45)49-36(2,3)4/h8-12,15-18,22,25,29,47H,7,13-14,19-21,23-24H2,1-6H3,(H,40,45)(H,39,41,44). The minimum absolute atomic E-state index is 0.117. The van der Waals surface area contributed by atoms with Crippen LogP contribution in [-0.2, 0) is 19.8 Å². The summed E-state index contributed by atoms with van der Waals surface area (Å²) in [6, 6.07) is 19.6. The third-order valence-electron chi connectivity index (χ3n) is 9.44. The molecule has 3 aromatic rings. The van der Waals surface area contributed by atoms with E-state index < -0.39 is 22.8 Å². The fraction of sp³-hybridized carbons (Fsp3) is 0.500. The zero-order valence-corrected chi connectivity index (χ0v) is 29.4. The molecule has 0 spiro atoms. The molecule has 0 bridgehead atoms. The molecule has 5 rings (SSSR count). The lowest BCUT2D eigenvalue weighted by atomic mass is 9.62. The van der Waals surface area contributed by atoms with Gasteiger partial charge in [-0.25, -0.2) is 9.59 Å². The Bertz CT molecular complexity index is 1620. The second-order valence-corrected chi connectivity index (χ2v) is 14.7.